The average Bonchev–Trinajstić information content (AvgIpc) is 2.37. The molecule has 0 aromatic heterocycles. The molecule has 4 nitrogen and oxygen atoms in total. The molecule has 2 N–H and O–H groups in total. The van der Waals surface area contributed by atoms with Gasteiger partial charge in [0, 0.05) is 25.3 Å². The minimum absolute atomic E-state index is 0.106. The number of amides is 1. The van der Waals surface area contributed by atoms with Crippen LogP contribution in [-0.2, 0) is 11.3 Å². The Kier molecular flexibility index (Phi) is 3.98. The van der Waals surface area contributed by atoms with Crippen LogP contribution in [0.25, 0.3) is 0 Å². The lowest BCUT2D eigenvalue weighted by Gasteiger charge is -2.30. The smallest absolute Gasteiger partial charge is 0.239 e. The van der Waals surface area contributed by atoms with Gasteiger partial charge in [-0.1, -0.05) is 25.1 Å². The van der Waals surface area contributed by atoms with Crippen molar-refractivity contribution >= 4 is 11.6 Å². The van der Waals surface area contributed by atoms with Crippen LogP contribution in [0.15, 0.2) is 24.3 Å². The highest BCUT2D eigenvalue weighted by Crippen LogP contribution is 2.20. The first-order chi connectivity index (χ1) is 8.31. The Morgan fingerprint density at radius 1 is 1.41 bits per heavy atom. The van der Waals surface area contributed by atoms with Crippen LogP contribution in [0.3, 0.4) is 0 Å². The standard InChI is InChI=1S/C13H19N3O/c1-2-14-9-11-5-3-4-6-12(11)16-8-7-15-13(17)10-16/h3-6,14H,2,7-10H2,1H3,(H,15,17). The van der Waals surface area contributed by atoms with Gasteiger partial charge >= 0.3 is 0 Å². The molecule has 0 atom stereocenters. The van der Waals surface area contributed by atoms with Gasteiger partial charge in [0.15, 0.2) is 0 Å². The summed E-state index contributed by atoms with van der Waals surface area (Å²) in [6.45, 7) is 5.98. The van der Waals surface area contributed by atoms with Gasteiger partial charge in [-0.3, -0.25) is 4.79 Å². The molecule has 1 fully saturated rings. The van der Waals surface area contributed by atoms with Crippen molar-refractivity contribution < 1.29 is 4.79 Å². The van der Waals surface area contributed by atoms with Crippen molar-refractivity contribution in [3.8, 4) is 0 Å². The summed E-state index contributed by atoms with van der Waals surface area (Å²) in [5.74, 6) is 0.106. The Labute approximate surface area is 102 Å². The highest BCUT2D eigenvalue weighted by molar-refractivity contribution is 5.83. The minimum Gasteiger partial charge on any atom is -0.360 e. The van der Waals surface area contributed by atoms with Crippen LogP contribution < -0.4 is 15.5 Å². The summed E-state index contributed by atoms with van der Waals surface area (Å²) in [5, 5.41) is 6.18. The summed E-state index contributed by atoms with van der Waals surface area (Å²) < 4.78 is 0. The van der Waals surface area contributed by atoms with Crippen LogP contribution in [-0.4, -0.2) is 32.1 Å². The summed E-state index contributed by atoms with van der Waals surface area (Å²) >= 11 is 0. The molecule has 17 heavy (non-hydrogen) atoms. The number of piperazine rings is 1. The van der Waals surface area contributed by atoms with E-state index in [1.807, 2.05) is 12.1 Å². The van der Waals surface area contributed by atoms with E-state index in [4.69, 9.17) is 0 Å². The lowest BCUT2D eigenvalue weighted by atomic mass is 10.1. The van der Waals surface area contributed by atoms with Crippen molar-refractivity contribution in [3.05, 3.63) is 29.8 Å². The van der Waals surface area contributed by atoms with Crippen LogP contribution in [0.1, 0.15) is 12.5 Å². The number of nitrogens with one attached hydrogen (secondary N) is 2. The number of hydrogen-bond donors (Lipinski definition) is 2. The van der Waals surface area contributed by atoms with Gasteiger partial charge in [-0.25, -0.2) is 0 Å². The van der Waals surface area contributed by atoms with Gasteiger partial charge in [-0.2, -0.15) is 0 Å². The molecule has 1 aromatic rings. The zero-order chi connectivity index (χ0) is 12.1. The molecule has 0 bridgehead atoms. The van der Waals surface area contributed by atoms with Gasteiger partial charge in [-0.15, -0.1) is 0 Å². The van der Waals surface area contributed by atoms with Crippen LogP contribution >= 0.6 is 0 Å². The van der Waals surface area contributed by atoms with E-state index in [-0.39, 0.29) is 5.91 Å². The quantitative estimate of drug-likeness (QED) is 0.806. The fourth-order valence-corrected chi connectivity index (χ4v) is 2.07. The minimum atomic E-state index is 0.106. The van der Waals surface area contributed by atoms with Gasteiger partial charge in [-0.05, 0) is 18.2 Å². The molecule has 1 heterocycles. The second-order valence-corrected chi connectivity index (χ2v) is 4.18. The fraction of sp³-hybridized carbons (Fsp3) is 0.462. The lowest BCUT2D eigenvalue weighted by molar-refractivity contribution is -0.120. The molecule has 0 saturated carbocycles. The molecule has 4 heteroatoms. The third-order valence-corrected chi connectivity index (χ3v) is 2.94. The van der Waals surface area contributed by atoms with Crippen LogP contribution in [0, 0.1) is 0 Å². The molecule has 1 aliphatic rings. The van der Waals surface area contributed by atoms with Crippen LogP contribution in [0.5, 0.6) is 0 Å². The number of carbonyl (C=O) groups excluding carboxylic acids is 1. The van der Waals surface area contributed by atoms with Gasteiger partial charge in [0.2, 0.25) is 5.91 Å². The van der Waals surface area contributed by atoms with E-state index in [1.54, 1.807) is 0 Å². The Morgan fingerprint density at radius 2 is 2.24 bits per heavy atom. The molecule has 1 aromatic carbocycles. The van der Waals surface area contributed by atoms with Crippen molar-refractivity contribution in [1.82, 2.24) is 10.6 Å². The van der Waals surface area contributed by atoms with Crippen molar-refractivity contribution in [2.75, 3.05) is 31.1 Å². The number of nitrogens with zero attached hydrogens (tertiary/aromatic N) is 1. The predicted molar refractivity (Wildman–Crippen MR) is 69.0 cm³/mol. The molecule has 2 rings (SSSR count). The Balaban J connectivity index is 2.15. The van der Waals surface area contributed by atoms with Gasteiger partial charge in [0.05, 0.1) is 6.54 Å². The number of hydrogen-bond acceptors (Lipinski definition) is 3. The first kappa shape index (κ1) is 11.9. The molecule has 0 unspecified atom stereocenters. The SMILES string of the molecule is CCNCc1ccccc1N1CCNC(=O)C1. The third kappa shape index (κ3) is 2.97. The zero-order valence-corrected chi connectivity index (χ0v) is 10.2. The molecular weight excluding hydrogens is 214 g/mol. The fourth-order valence-electron chi connectivity index (χ4n) is 2.07. The number of rotatable bonds is 4. The maximum atomic E-state index is 11.4. The van der Waals surface area contributed by atoms with E-state index >= 15 is 0 Å². The van der Waals surface area contributed by atoms with Gasteiger partial charge < -0.3 is 15.5 Å². The molecule has 0 spiro atoms. The Hall–Kier alpha value is -1.55. The number of para-hydroxylation sites is 1. The van der Waals surface area contributed by atoms with E-state index < -0.39 is 0 Å². The van der Waals surface area contributed by atoms with Crippen molar-refractivity contribution in [1.29, 1.82) is 0 Å². The molecule has 1 amide bonds. The number of benzene rings is 1. The summed E-state index contributed by atoms with van der Waals surface area (Å²) in [6, 6.07) is 8.27. The largest absolute Gasteiger partial charge is 0.360 e. The lowest BCUT2D eigenvalue weighted by Crippen LogP contribution is -2.48. The molecule has 1 aliphatic heterocycles. The monoisotopic (exact) mass is 233 g/mol. The molecule has 92 valence electrons. The van der Waals surface area contributed by atoms with Crippen LogP contribution in [0.2, 0.25) is 0 Å². The van der Waals surface area contributed by atoms with Gasteiger partial charge in [0.25, 0.3) is 0 Å². The highest BCUT2D eigenvalue weighted by atomic mass is 16.2. The molecule has 0 aliphatic carbocycles. The van der Waals surface area contributed by atoms with E-state index in [0.717, 1.165) is 26.2 Å². The van der Waals surface area contributed by atoms with E-state index in [9.17, 15) is 4.79 Å². The van der Waals surface area contributed by atoms with E-state index in [2.05, 4.69) is 34.6 Å². The van der Waals surface area contributed by atoms with Crippen molar-refractivity contribution in [2.45, 2.75) is 13.5 Å². The van der Waals surface area contributed by atoms with Crippen molar-refractivity contribution in [3.63, 3.8) is 0 Å². The molecule has 1 saturated heterocycles. The number of anilines is 1. The Bertz CT molecular complexity index is 392. The summed E-state index contributed by atoms with van der Waals surface area (Å²) in [7, 11) is 0. The van der Waals surface area contributed by atoms with Crippen molar-refractivity contribution in [2.24, 2.45) is 0 Å². The summed E-state index contributed by atoms with van der Waals surface area (Å²) in [4.78, 5) is 13.5. The van der Waals surface area contributed by atoms with Crippen LogP contribution in [0.4, 0.5) is 5.69 Å². The first-order valence-corrected chi connectivity index (χ1v) is 6.11. The third-order valence-electron chi connectivity index (χ3n) is 2.94. The highest BCUT2D eigenvalue weighted by Gasteiger charge is 2.18. The maximum Gasteiger partial charge on any atom is 0.239 e. The second kappa shape index (κ2) is 5.68. The normalized spacial score (nSPS) is 15.8. The summed E-state index contributed by atoms with van der Waals surface area (Å²) in [6.07, 6.45) is 0. The maximum absolute atomic E-state index is 11.4. The Morgan fingerprint density at radius 3 is 3.00 bits per heavy atom. The predicted octanol–water partition coefficient (Wildman–Crippen LogP) is 0.732. The first-order valence-electron chi connectivity index (χ1n) is 6.11. The second-order valence-electron chi connectivity index (χ2n) is 4.18. The molecular formula is C13H19N3O. The zero-order valence-electron chi connectivity index (χ0n) is 10.2. The average molecular weight is 233 g/mol. The molecule has 0 radical (unpaired) electrons. The topological polar surface area (TPSA) is 44.4 Å². The van der Waals surface area contributed by atoms with Gasteiger partial charge in [0.1, 0.15) is 0 Å². The summed E-state index contributed by atoms with van der Waals surface area (Å²) in [5.41, 5.74) is 2.42. The van der Waals surface area contributed by atoms with E-state index in [1.165, 1.54) is 11.3 Å². The number of carbonyl (C=O) groups is 1. The van der Waals surface area contributed by atoms with E-state index in [0.29, 0.717) is 6.54 Å².